The molecule has 0 amide bonds. The molecule has 3 rings (SSSR count). The Kier molecular flexibility index (Phi) is 3.17. The number of fused-ring (bicyclic) bond motifs is 1. The number of nitrogen functional groups attached to an aromatic ring is 1. The average molecular weight is 252 g/mol. The van der Waals surface area contributed by atoms with E-state index in [1.54, 1.807) is 0 Å². The average Bonchev–Trinajstić information content (AvgIpc) is 2.98. The number of nitrogens with two attached hydrogens (primary N) is 1. The highest BCUT2D eigenvalue weighted by Crippen LogP contribution is 2.32. The monoisotopic (exact) mass is 252 g/mol. The van der Waals surface area contributed by atoms with Crippen LogP contribution in [0.4, 0.5) is 5.82 Å². The largest absolute Gasteiger partial charge is 0.378 e. The minimum Gasteiger partial charge on any atom is -0.378 e. The molecule has 1 atom stereocenters. The third kappa shape index (κ3) is 2.25. The highest BCUT2D eigenvalue weighted by atomic mass is 32.2. The van der Waals surface area contributed by atoms with Gasteiger partial charge in [0.05, 0.1) is 11.8 Å². The molecule has 2 aliphatic heterocycles. The Labute approximate surface area is 105 Å². The van der Waals surface area contributed by atoms with Gasteiger partial charge < -0.3 is 10.2 Å². The molecule has 3 N–H and O–H groups in total. The number of nitrogens with zero attached hydrogens (tertiary/aromatic N) is 2. The molecule has 1 unspecified atom stereocenters. The molecular formula is C11H16N4OS. The molecule has 6 heteroatoms. The normalized spacial score (nSPS) is 22.8. The van der Waals surface area contributed by atoms with Crippen molar-refractivity contribution in [3.05, 3.63) is 17.1 Å². The van der Waals surface area contributed by atoms with Gasteiger partial charge >= 0.3 is 0 Å². The summed E-state index contributed by atoms with van der Waals surface area (Å²) in [6.45, 7) is 0.869. The third-order valence-electron chi connectivity index (χ3n) is 3.20. The Hall–Kier alpha value is -0.850. The van der Waals surface area contributed by atoms with Gasteiger partial charge in [-0.25, -0.2) is 15.8 Å². The van der Waals surface area contributed by atoms with E-state index in [2.05, 4.69) is 15.4 Å². The second kappa shape index (κ2) is 4.80. The number of hydrazine groups is 1. The maximum atomic E-state index is 5.61. The fourth-order valence-electron chi connectivity index (χ4n) is 2.32. The Morgan fingerprint density at radius 2 is 2.35 bits per heavy atom. The summed E-state index contributed by atoms with van der Waals surface area (Å²) in [6.07, 6.45) is 3.34. The molecule has 0 radical (unpaired) electrons. The molecule has 92 valence electrons. The van der Waals surface area contributed by atoms with Gasteiger partial charge in [0, 0.05) is 30.1 Å². The lowest BCUT2D eigenvalue weighted by atomic mass is 10.1. The van der Waals surface area contributed by atoms with Gasteiger partial charge in [-0.05, 0) is 12.8 Å². The smallest absolute Gasteiger partial charge is 0.148 e. The van der Waals surface area contributed by atoms with E-state index in [9.17, 15) is 0 Å². The van der Waals surface area contributed by atoms with Crippen LogP contribution >= 0.6 is 11.8 Å². The van der Waals surface area contributed by atoms with Crippen molar-refractivity contribution in [3.8, 4) is 0 Å². The summed E-state index contributed by atoms with van der Waals surface area (Å²) < 4.78 is 5.61. The van der Waals surface area contributed by atoms with Gasteiger partial charge in [0.1, 0.15) is 11.6 Å². The molecule has 1 aromatic rings. The zero-order valence-corrected chi connectivity index (χ0v) is 10.4. The van der Waals surface area contributed by atoms with E-state index in [0.717, 1.165) is 60.3 Å². The van der Waals surface area contributed by atoms with Crippen LogP contribution in [0.5, 0.6) is 0 Å². The lowest BCUT2D eigenvalue weighted by Gasteiger charge is -2.11. The molecule has 17 heavy (non-hydrogen) atoms. The molecule has 1 saturated heterocycles. The number of hydrogen-bond donors (Lipinski definition) is 2. The van der Waals surface area contributed by atoms with Crippen LogP contribution in [0.25, 0.3) is 0 Å². The van der Waals surface area contributed by atoms with E-state index in [-0.39, 0.29) is 6.10 Å². The van der Waals surface area contributed by atoms with Crippen molar-refractivity contribution in [3.63, 3.8) is 0 Å². The second-order valence-electron chi connectivity index (χ2n) is 4.39. The summed E-state index contributed by atoms with van der Waals surface area (Å²) in [5, 5.41) is 0. The summed E-state index contributed by atoms with van der Waals surface area (Å²) in [5.74, 6) is 9.07. The van der Waals surface area contributed by atoms with Gasteiger partial charge in [0.2, 0.25) is 0 Å². The fourth-order valence-corrected chi connectivity index (χ4v) is 3.36. The van der Waals surface area contributed by atoms with Gasteiger partial charge in [-0.1, -0.05) is 0 Å². The SMILES string of the molecule is NNc1nc(CC2CCCO2)nc2c1CSC2. The van der Waals surface area contributed by atoms with Crippen molar-refractivity contribution in [2.75, 3.05) is 12.0 Å². The van der Waals surface area contributed by atoms with E-state index in [4.69, 9.17) is 10.6 Å². The number of ether oxygens (including phenoxy) is 1. The molecule has 2 aliphatic rings. The first-order chi connectivity index (χ1) is 8.36. The predicted octanol–water partition coefficient (Wildman–Crippen LogP) is 1.23. The third-order valence-corrected chi connectivity index (χ3v) is 4.17. The van der Waals surface area contributed by atoms with Crippen LogP contribution in [0.15, 0.2) is 0 Å². The molecule has 0 bridgehead atoms. The van der Waals surface area contributed by atoms with Gasteiger partial charge in [-0.2, -0.15) is 11.8 Å². The number of thioether (sulfide) groups is 1. The number of nitrogens with one attached hydrogen (secondary N) is 1. The van der Waals surface area contributed by atoms with E-state index >= 15 is 0 Å². The Morgan fingerprint density at radius 3 is 3.12 bits per heavy atom. The highest BCUT2D eigenvalue weighted by molar-refractivity contribution is 7.98. The Morgan fingerprint density at radius 1 is 1.41 bits per heavy atom. The quantitative estimate of drug-likeness (QED) is 0.622. The number of rotatable bonds is 3. The molecule has 0 saturated carbocycles. The molecule has 1 aromatic heterocycles. The zero-order valence-electron chi connectivity index (χ0n) is 9.61. The van der Waals surface area contributed by atoms with Crippen molar-refractivity contribution >= 4 is 17.6 Å². The number of aromatic nitrogens is 2. The Balaban J connectivity index is 1.84. The Bertz CT molecular complexity index is 420. The van der Waals surface area contributed by atoms with E-state index in [1.165, 1.54) is 0 Å². The summed E-state index contributed by atoms with van der Waals surface area (Å²) in [7, 11) is 0. The van der Waals surface area contributed by atoms with Crippen molar-refractivity contribution in [2.45, 2.75) is 36.9 Å². The highest BCUT2D eigenvalue weighted by Gasteiger charge is 2.22. The summed E-state index contributed by atoms with van der Waals surface area (Å²) in [4.78, 5) is 9.10. The standard InChI is InChI=1S/C11H16N4OS/c12-15-11-8-5-17-6-9(8)13-10(14-11)4-7-2-1-3-16-7/h7H,1-6,12H2,(H,13,14,15). The summed E-state index contributed by atoms with van der Waals surface area (Å²) >= 11 is 1.85. The second-order valence-corrected chi connectivity index (χ2v) is 5.38. The summed E-state index contributed by atoms with van der Waals surface area (Å²) in [6, 6.07) is 0. The van der Waals surface area contributed by atoms with Gasteiger partial charge in [0.15, 0.2) is 0 Å². The van der Waals surface area contributed by atoms with Crippen molar-refractivity contribution in [1.82, 2.24) is 9.97 Å². The van der Waals surface area contributed by atoms with Crippen LogP contribution in [0.1, 0.15) is 29.9 Å². The lowest BCUT2D eigenvalue weighted by molar-refractivity contribution is 0.110. The minimum atomic E-state index is 0.285. The van der Waals surface area contributed by atoms with Crippen LogP contribution in [0.3, 0.4) is 0 Å². The number of anilines is 1. The van der Waals surface area contributed by atoms with Crippen molar-refractivity contribution in [1.29, 1.82) is 0 Å². The van der Waals surface area contributed by atoms with Crippen LogP contribution < -0.4 is 11.3 Å². The minimum absolute atomic E-state index is 0.285. The van der Waals surface area contributed by atoms with E-state index in [0.29, 0.717) is 0 Å². The maximum absolute atomic E-state index is 5.61. The van der Waals surface area contributed by atoms with E-state index < -0.39 is 0 Å². The van der Waals surface area contributed by atoms with E-state index in [1.807, 2.05) is 11.8 Å². The maximum Gasteiger partial charge on any atom is 0.148 e. The molecule has 0 aliphatic carbocycles. The van der Waals surface area contributed by atoms with Crippen LogP contribution in [0, 0.1) is 0 Å². The first-order valence-electron chi connectivity index (χ1n) is 5.91. The molecule has 3 heterocycles. The number of hydrogen-bond acceptors (Lipinski definition) is 6. The molecule has 1 fully saturated rings. The molecule has 0 aromatic carbocycles. The predicted molar refractivity (Wildman–Crippen MR) is 67.5 cm³/mol. The first-order valence-corrected chi connectivity index (χ1v) is 7.07. The zero-order chi connectivity index (χ0) is 11.7. The molecular weight excluding hydrogens is 236 g/mol. The van der Waals surface area contributed by atoms with Gasteiger partial charge in [-0.15, -0.1) is 0 Å². The van der Waals surface area contributed by atoms with Gasteiger partial charge in [-0.3, -0.25) is 0 Å². The van der Waals surface area contributed by atoms with Crippen LogP contribution in [-0.4, -0.2) is 22.7 Å². The molecule has 0 spiro atoms. The summed E-state index contributed by atoms with van der Waals surface area (Å²) in [5.41, 5.74) is 4.98. The lowest BCUT2D eigenvalue weighted by Crippen LogP contribution is -2.17. The first kappa shape index (κ1) is 11.3. The van der Waals surface area contributed by atoms with Crippen LogP contribution in [0.2, 0.25) is 0 Å². The van der Waals surface area contributed by atoms with Crippen LogP contribution in [-0.2, 0) is 22.7 Å². The van der Waals surface area contributed by atoms with Gasteiger partial charge in [0.25, 0.3) is 0 Å². The van der Waals surface area contributed by atoms with Crippen molar-refractivity contribution in [2.24, 2.45) is 5.84 Å². The van der Waals surface area contributed by atoms with Crippen molar-refractivity contribution < 1.29 is 4.74 Å². The molecule has 5 nitrogen and oxygen atoms in total. The topological polar surface area (TPSA) is 73.1 Å². The fraction of sp³-hybridized carbons (Fsp3) is 0.636.